The molecule has 0 saturated carbocycles. The highest BCUT2D eigenvalue weighted by Gasteiger charge is 2.41. The van der Waals surface area contributed by atoms with E-state index in [9.17, 15) is 57.8 Å². The maximum absolute atomic E-state index is 14.5. The van der Waals surface area contributed by atoms with Gasteiger partial charge in [-0.1, -0.05) is 67.8 Å². The quantitative estimate of drug-likeness (QED) is 0.0541. The molecular weight excluding hydrogens is 943 g/mol. The summed E-state index contributed by atoms with van der Waals surface area (Å²) in [5.41, 5.74) is 22.9. The molecule has 2 fully saturated rings. The molecule has 2 aliphatic heterocycles. The number of nitrogens with zero attached hydrogens (tertiary/aromatic N) is 1. The molecule has 1 aromatic rings. The number of rotatable bonds is 17. The van der Waals surface area contributed by atoms with Gasteiger partial charge < -0.3 is 69.6 Å². The summed E-state index contributed by atoms with van der Waals surface area (Å²) in [6, 6.07) is -3.55. The highest BCUT2D eigenvalue weighted by Crippen LogP contribution is 2.26. The van der Waals surface area contributed by atoms with Gasteiger partial charge in [-0.25, -0.2) is 4.79 Å². The number of carbonyl (C=O) groups is 11. The molecule has 0 bridgehead atoms. The van der Waals surface area contributed by atoms with Crippen LogP contribution in [0.2, 0.25) is 0 Å². The van der Waals surface area contributed by atoms with Crippen LogP contribution in [0.5, 0.6) is 5.75 Å². The number of amides is 10. The molecule has 2 heterocycles. The summed E-state index contributed by atoms with van der Waals surface area (Å²) in [7, 11) is 2.01. The zero-order chi connectivity index (χ0) is 51.5. The minimum atomic E-state index is -2.00. The van der Waals surface area contributed by atoms with Gasteiger partial charge >= 0.3 is 5.97 Å². The van der Waals surface area contributed by atoms with Crippen molar-refractivity contribution in [3.63, 3.8) is 0 Å². The average Bonchev–Trinajstić information content (AvgIpc) is 3.78. The van der Waals surface area contributed by atoms with E-state index in [-0.39, 0.29) is 49.0 Å². The minimum absolute atomic E-state index is 0.0341. The van der Waals surface area contributed by atoms with Crippen LogP contribution in [0.3, 0.4) is 0 Å². The van der Waals surface area contributed by atoms with E-state index in [1.165, 1.54) is 29.2 Å². The molecule has 9 atom stereocenters. The zero-order valence-electron chi connectivity index (χ0n) is 39.0. The smallest absolute Gasteiger partial charge is 0.329 e. The van der Waals surface area contributed by atoms with Crippen molar-refractivity contribution in [2.75, 3.05) is 24.6 Å². The van der Waals surface area contributed by atoms with Gasteiger partial charge in [-0.05, 0) is 55.2 Å². The van der Waals surface area contributed by atoms with Gasteiger partial charge in [0.05, 0.1) is 19.0 Å². The number of carbonyl (C=O) groups excluding carboxylic acids is 11. The van der Waals surface area contributed by atoms with E-state index >= 15 is 0 Å². The fraction of sp³-hybridized carbons (Fsp3) is 0.605. The third-order valence-corrected chi connectivity index (χ3v) is 13.6. The van der Waals surface area contributed by atoms with Gasteiger partial charge in [-0.15, -0.1) is 0 Å². The number of cyclic esters (lactones) is 1. The molecule has 0 aliphatic carbocycles. The first-order chi connectivity index (χ1) is 32.5. The Morgan fingerprint density at radius 3 is 2.10 bits per heavy atom. The number of phenolic OH excluding ortho intramolecular Hbond substituents is 1. The Morgan fingerprint density at radius 2 is 1.49 bits per heavy atom. The lowest BCUT2D eigenvalue weighted by Gasteiger charge is -2.31. The summed E-state index contributed by atoms with van der Waals surface area (Å²) in [4.78, 5) is 148. The van der Waals surface area contributed by atoms with E-state index < -0.39 is 145 Å². The molecule has 1 aromatic carbocycles. The summed E-state index contributed by atoms with van der Waals surface area (Å²) >= 11 is 0. The molecule has 10 amide bonds. The van der Waals surface area contributed by atoms with Crippen molar-refractivity contribution >= 4 is 86.6 Å². The summed E-state index contributed by atoms with van der Waals surface area (Å²) < 4.78 is 5.50. The Morgan fingerprint density at radius 1 is 0.841 bits per heavy atom. The van der Waals surface area contributed by atoms with Crippen LogP contribution in [-0.4, -0.2) is 148 Å². The molecule has 26 heteroatoms. The number of nitrogens with two attached hydrogens (primary N) is 4. The van der Waals surface area contributed by atoms with Gasteiger partial charge in [0.1, 0.15) is 42.0 Å². The summed E-state index contributed by atoms with van der Waals surface area (Å²) in [6.45, 7) is 6.54. The third-order valence-electron chi connectivity index (χ3n) is 11.2. The Labute approximate surface area is 407 Å². The first-order valence-corrected chi connectivity index (χ1v) is 24.9. The van der Waals surface area contributed by atoms with Crippen molar-refractivity contribution in [1.82, 2.24) is 36.8 Å². The normalized spacial score (nSPS) is 24.3. The van der Waals surface area contributed by atoms with Crippen molar-refractivity contribution in [1.29, 1.82) is 0 Å². The van der Waals surface area contributed by atoms with E-state index in [4.69, 9.17) is 27.7 Å². The van der Waals surface area contributed by atoms with Crippen LogP contribution < -0.4 is 54.8 Å². The predicted octanol–water partition coefficient (Wildman–Crippen LogP) is -3.18. The Hall–Kier alpha value is -6.15. The van der Waals surface area contributed by atoms with Gasteiger partial charge in [-0.2, -0.15) is 0 Å². The number of phenols is 1. The van der Waals surface area contributed by atoms with Crippen LogP contribution in [0.15, 0.2) is 24.3 Å². The summed E-state index contributed by atoms with van der Waals surface area (Å²) in [6.07, 6.45) is -2.97. The third kappa shape index (κ3) is 18.7. The Balaban J connectivity index is 2.05. The lowest BCUT2D eigenvalue weighted by molar-refractivity contribution is -0.160. The van der Waals surface area contributed by atoms with Crippen LogP contribution in [-0.2, 0) is 63.9 Å². The van der Waals surface area contributed by atoms with Crippen LogP contribution in [0.25, 0.3) is 0 Å². The van der Waals surface area contributed by atoms with Gasteiger partial charge in [0.25, 0.3) is 5.91 Å². The highest BCUT2D eigenvalue weighted by atomic mass is 33.1. The number of esters is 1. The number of hydrogen-bond donors (Lipinski definition) is 11. The lowest BCUT2D eigenvalue weighted by Crippen LogP contribution is -2.60. The zero-order valence-corrected chi connectivity index (χ0v) is 40.6. The standard InChI is InChI=1S/C43H65N11O13S2/c1-5-22(4)35-41(64)49-26(12-13-32(45)56)43(66)67-31(17-33(46)57)40(63)52-29(20-69-68-19-25(44)36(59)50-28(38(61)53-35)16-23-8-10-24(55)11-9-23)42(65)54-14-6-7-30(54)39(62)51-27(15-21(2)3)37(60)48-18-34(47)58/h8-11,21-22,25-31,35,55H,5-7,12-20,44H2,1-4H3,(H2,45,56)(H2,46,57)(H2,47,58)(H,48,60)(H,49,64)(H,50,59)(H,51,62)(H,52,63)(H,53,61). The number of likely N-dealkylation sites (tertiary alicyclic amines) is 1. The predicted molar refractivity (Wildman–Crippen MR) is 252 cm³/mol. The molecule has 24 nitrogen and oxygen atoms in total. The van der Waals surface area contributed by atoms with Gasteiger partial charge in [0.15, 0.2) is 6.10 Å². The van der Waals surface area contributed by atoms with Crippen LogP contribution >= 0.6 is 21.6 Å². The fourth-order valence-corrected chi connectivity index (χ4v) is 9.50. The maximum Gasteiger partial charge on any atom is 0.329 e. The minimum Gasteiger partial charge on any atom is -0.508 e. The molecule has 15 N–H and O–H groups in total. The second kappa shape index (κ2) is 27.7. The second-order valence-electron chi connectivity index (χ2n) is 17.3. The van der Waals surface area contributed by atoms with Gasteiger partial charge in [0, 0.05) is 30.9 Å². The molecule has 2 saturated heterocycles. The van der Waals surface area contributed by atoms with Crippen molar-refractivity contribution in [3.8, 4) is 5.75 Å². The molecule has 3 rings (SSSR count). The SMILES string of the molecule is CCC(C)C1NC(=O)C(Cc2ccc(O)cc2)NC(=O)C(N)CSSCC(C(=O)N2CCCC2C(=O)NC(CC(C)C)C(=O)NCC(N)=O)NC(=O)C(CC(N)=O)OC(=O)C(CCC(N)=O)NC1=O. The molecule has 0 spiro atoms. The van der Waals surface area contributed by atoms with Crippen molar-refractivity contribution in [2.24, 2.45) is 34.8 Å². The topological polar surface area (TPSA) is 397 Å². The van der Waals surface area contributed by atoms with Crippen molar-refractivity contribution in [2.45, 2.75) is 127 Å². The van der Waals surface area contributed by atoms with E-state index in [1.54, 1.807) is 13.8 Å². The van der Waals surface area contributed by atoms with Crippen molar-refractivity contribution in [3.05, 3.63) is 29.8 Å². The molecule has 9 unspecified atom stereocenters. The lowest BCUT2D eigenvalue weighted by atomic mass is 9.96. The molecule has 382 valence electrons. The first kappa shape index (κ1) is 57.2. The van der Waals surface area contributed by atoms with E-state index in [1.807, 2.05) is 13.8 Å². The van der Waals surface area contributed by atoms with Gasteiger partial charge in [-0.3, -0.25) is 47.9 Å². The number of primary amides is 3. The summed E-state index contributed by atoms with van der Waals surface area (Å²) in [5.74, 6) is -11.0. The highest BCUT2D eigenvalue weighted by molar-refractivity contribution is 8.76. The summed E-state index contributed by atoms with van der Waals surface area (Å²) in [5, 5.41) is 25.1. The molecule has 69 heavy (non-hydrogen) atoms. The Kier molecular flexibility index (Phi) is 23.0. The largest absolute Gasteiger partial charge is 0.508 e. The number of benzene rings is 1. The number of nitrogens with one attached hydrogen (secondary N) is 6. The average molecular weight is 1010 g/mol. The Bertz CT molecular complexity index is 2050. The number of ether oxygens (including phenoxy) is 1. The van der Waals surface area contributed by atoms with E-state index in [2.05, 4.69) is 31.9 Å². The second-order valence-corrected chi connectivity index (χ2v) is 19.8. The van der Waals surface area contributed by atoms with Gasteiger partial charge in [0.2, 0.25) is 53.2 Å². The monoisotopic (exact) mass is 1010 g/mol. The first-order valence-electron chi connectivity index (χ1n) is 22.4. The molecule has 2 aliphatic rings. The van der Waals surface area contributed by atoms with Crippen LogP contribution in [0, 0.1) is 11.8 Å². The number of aromatic hydroxyl groups is 1. The fourth-order valence-electron chi connectivity index (χ4n) is 7.23. The van der Waals surface area contributed by atoms with Crippen molar-refractivity contribution < 1.29 is 62.6 Å². The van der Waals surface area contributed by atoms with E-state index in [0.717, 1.165) is 21.6 Å². The number of hydrogen-bond acceptors (Lipinski definition) is 16. The maximum atomic E-state index is 14.5. The molecule has 0 aromatic heterocycles. The van der Waals surface area contributed by atoms with E-state index in [0.29, 0.717) is 18.4 Å². The molecular formula is C43H65N11O13S2. The van der Waals surface area contributed by atoms with Crippen LogP contribution in [0.1, 0.15) is 78.2 Å². The molecule has 0 radical (unpaired) electrons. The van der Waals surface area contributed by atoms with Crippen LogP contribution in [0.4, 0.5) is 0 Å².